The number of ether oxygens (including phenoxy) is 1. The van der Waals surface area contributed by atoms with Crippen molar-refractivity contribution in [1.82, 2.24) is 4.98 Å². The summed E-state index contributed by atoms with van der Waals surface area (Å²) in [5.41, 5.74) is 2.08. The molecule has 0 atom stereocenters. The predicted octanol–water partition coefficient (Wildman–Crippen LogP) is 3.53. The number of carbonyl (C=O) groups excluding carboxylic acids is 1. The van der Waals surface area contributed by atoms with Gasteiger partial charge in [0.1, 0.15) is 0 Å². The standard InChI is InChI=1S/C12H9F2NO2S/c1-17-12(16)9-10(18-6-15-9)7-3-2-4-8(5-7)11(13)14/h2-6,11H,1H3. The molecule has 3 nitrogen and oxygen atoms in total. The lowest BCUT2D eigenvalue weighted by atomic mass is 10.1. The van der Waals surface area contributed by atoms with Gasteiger partial charge in [-0.3, -0.25) is 0 Å². The fourth-order valence-corrected chi connectivity index (χ4v) is 2.28. The molecule has 0 spiro atoms. The smallest absolute Gasteiger partial charge is 0.358 e. The van der Waals surface area contributed by atoms with E-state index in [1.54, 1.807) is 6.07 Å². The number of rotatable bonds is 3. The number of thiazole rings is 1. The Morgan fingerprint density at radius 2 is 2.22 bits per heavy atom. The summed E-state index contributed by atoms with van der Waals surface area (Å²) in [4.78, 5) is 15.9. The van der Waals surface area contributed by atoms with Crippen LogP contribution in [0, 0.1) is 0 Å². The Morgan fingerprint density at radius 1 is 1.44 bits per heavy atom. The Kier molecular flexibility index (Phi) is 3.66. The molecule has 0 bridgehead atoms. The third-order valence-electron chi connectivity index (χ3n) is 2.35. The van der Waals surface area contributed by atoms with E-state index in [-0.39, 0.29) is 11.3 Å². The number of hydrogen-bond donors (Lipinski definition) is 0. The van der Waals surface area contributed by atoms with Crippen LogP contribution >= 0.6 is 11.3 Å². The van der Waals surface area contributed by atoms with E-state index in [1.807, 2.05) is 0 Å². The van der Waals surface area contributed by atoms with Crippen LogP contribution in [0.5, 0.6) is 0 Å². The van der Waals surface area contributed by atoms with Gasteiger partial charge in [-0.25, -0.2) is 18.6 Å². The van der Waals surface area contributed by atoms with Crippen LogP contribution in [0.15, 0.2) is 29.8 Å². The lowest BCUT2D eigenvalue weighted by Gasteiger charge is -2.04. The molecule has 1 aromatic carbocycles. The fourth-order valence-electron chi connectivity index (χ4n) is 1.51. The molecule has 94 valence electrons. The first-order valence-electron chi connectivity index (χ1n) is 5.03. The second-order valence-electron chi connectivity index (χ2n) is 3.45. The zero-order valence-electron chi connectivity index (χ0n) is 9.39. The molecule has 0 aliphatic carbocycles. The number of alkyl halides is 2. The maximum absolute atomic E-state index is 12.6. The van der Waals surface area contributed by atoms with Crippen LogP contribution in [-0.2, 0) is 4.74 Å². The highest BCUT2D eigenvalue weighted by molar-refractivity contribution is 7.13. The Hall–Kier alpha value is -1.82. The molecule has 0 aliphatic heterocycles. The molecule has 0 N–H and O–H groups in total. The van der Waals surface area contributed by atoms with Gasteiger partial charge in [0.25, 0.3) is 6.43 Å². The second kappa shape index (κ2) is 5.22. The molecule has 1 heterocycles. The zero-order chi connectivity index (χ0) is 13.1. The van der Waals surface area contributed by atoms with E-state index >= 15 is 0 Å². The summed E-state index contributed by atoms with van der Waals surface area (Å²) in [6.07, 6.45) is -2.54. The van der Waals surface area contributed by atoms with E-state index < -0.39 is 12.4 Å². The largest absolute Gasteiger partial charge is 0.464 e. The molecule has 0 unspecified atom stereocenters. The number of hydrogen-bond acceptors (Lipinski definition) is 4. The second-order valence-corrected chi connectivity index (χ2v) is 4.30. The summed E-state index contributed by atoms with van der Waals surface area (Å²) in [6, 6.07) is 5.88. The van der Waals surface area contributed by atoms with Gasteiger partial charge < -0.3 is 4.74 Å². The van der Waals surface area contributed by atoms with Crippen molar-refractivity contribution in [3.63, 3.8) is 0 Å². The molecule has 0 amide bonds. The monoisotopic (exact) mass is 269 g/mol. The van der Waals surface area contributed by atoms with Gasteiger partial charge in [0, 0.05) is 5.56 Å². The maximum Gasteiger partial charge on any atom is 0.358 e. The van der Waals surface area contributed by atoms with Crippen LogP contribution in [0.3, 0.4) is 0 Å². The highest BCUT2D eigenvalue weighted by Crippen LogP contribution is 2.31. The molecule has 18 heavy (non-hydrogen) atoms. The highest BCUT2D eigenvalue weighted by atomic mass is 32.1. The molecule has 0 fully saturated rings. The maximum atomic E-state index is 12.6. The molecule has 1 aromatic heterocycles. The number of aromatic nitrogens is 1. The summed E-state index contributed by atoms with van der Waals surface area (Å²) in [6.45, 7) is 0. The van der Waals surface area contributed by atoms with Gasteiger partial charge in [0.05, 0.1) is 17.5 Å². The lowest BCUT2D eigenvalue weighted by Crippen LogP contribution is -2.03. The number of halogens is 2. The third-order valence-corrected chi connectivity index (χ3v) is 3.22. The van der Waals surface area contributed by atoms with Crippen LogP contribution in [0.1, 0.15) is 22.5 Å². The molecular weight excluding hydrogens is 260 g/mol. The fraction of sp³-hybridized carbons (Fsp3) is 0.167. The van der Waals surface area contributed by atoms with Gasteiger partial charge in [-0.2, -0.15) is 0 Å². The van der Waals surface area contributed by atoms with E-state index in [0.29, 0.717) is 10.4 Å². The zero-order valence-corrected chi connectivity index (χ0v) is 10.2. The summed E-state index contributed by atoms with van der Waals surface area (Å²) in [5.74, 6) is -0.575. The first-order chi connectivity index (χ1) is 8.63. The SMILES string of the molecule is COC(=O)c1ncsc1-c1cccc(C(F)F)c1. The quantitative estimate of drug-likeness (QED) is 0.800. The Morgan fingerprint density at radius 3 is 2.89 bits per heavy atom. The number of methoxy groups -OCH3 is 1. The Labute approximate surface area is 106 Å². The highest BCUT2D eigenvalue weighted by Gasteiger charge is 2.17. The van der Waals surface area contributed by atoms with Gasteiger partial charge in [-0.1, -0.05) is 18.2 Å². The topological polar surface area (TPSA) is 39.2 Å². The van der Waals surface area contributed by atoms with Crippen LogP contribution < -0.4 is 0 Å². The molecule has 6 heteroatoms. The number of esters is 1. The van der Waals surface area contributed by atoms with E-state index in [4.69, 9.17) is 0 Å². The van der Waals surface area contributed by atoms with E-state index in [2.05, 4.69) is 9.72 Å². The van der Waals surface area contributed by atoms with Gasteiger partial charge in [-0.05, 0) is 11.6 Å². The predicted molar refractivity (Wildman–Crippen MR) is 63.8 cm³/mol. The first-order valence-corrected chi connectivity index (χ1v) is 5.91. The number of carbonyl (C=O) groups is 1. The summed E-state index contributed by atoms with van der Waals surface area (Å²) >= 11 is 1.21. The first kappa shape index (κ1) is 12.6. The van der Waals surface area contributed by atoms with Crippen molar-refractivity contribution < 1.29 is 18.3 Å². The molecule has 0 aliphatic rings. The van der Waals surface area contributed by atoms with E-state index in [1.165, 1.54) is 42.2 Å². The van der Waals surface area contributed by atoms with Crippen LogP contribution in [0.4, 0.5) is 8.78 Å². The van der Waals surface area contributed by atoms with E-state index in [9.17, 15) is 13.6 Å². The molecule has 0 radical (unpaired) electrons. The van der Waals surface area contributed by atoms with Crippen LogP contribution in [-0.4, -0.2) is 18.1 Å². The minimum atomic E-state index is -2.54. The minimum absolute atomic E-state index is 0.0864. The number of benzene rings is 1. The normalized spacial score (nSPS) is 10.7. The third kappa shape index (κ3) is 2.38. The van der Waals surface area contributed by atoms with E-state index in [0.717, 1.165) is 0 Å². The van der Waals surface area contributed by atoms with Crippen molar-refractivity contribution >= 4 is 17.3 Å². The summed E-state index contributed by atoms with van der Waals surface area (Å²) < 4.78 is 29.8. The molecule has 0 saturated heterocycles. The number of nitrogens with zero attached hydrogens (tertiary/aromatic N) is 1. The summed E-state index contributed by atoms with van der Waals surface area (Å²) in [5, 5.41) is 0. The molecule has 2 aromatic rings. The van der Waals surface area contributed by atoms with Crippen molar-refractivity contribution in [2.45, 2.75) is 6.43 Å². The molecule has 2 rings (SSSR count). The van der Waals surface area contributed by atoms with Gasteiger partial charge in [0.15, 0.2) is 5.69 Å². The van der Waals surface area contributed by atoms with Crippen molar-refractivity contribution in [2.75, 3.05) is 7.11 Å². The van der Waals surface area contributed by atoms with Crippen molar-refractivity contribution in [2.24, 2.45) is 0 Å². The summed E-state index contributed by atoms with van der Waals surface area (Å²) in [7, 11) is 1.25. The van der Waals surface area contributed by atoms with Crippen molar-refractivity contribution in [1.29, 1.82) is 0 Å². The minimum Gasteiger partial charge on any atom is -0.464 e. The lowest BCUT2D eigenvalue weighted by molar-refractivity contribution is 0.0596. The Balaban J connectivity index is 2.46. The average Bonchev–Trinajstić information content (AvgIpc) is 2.87. The molecular formula is C12H9F2NO2S. The van der Waals surface area contributed by atoms with Crippen molar-refractivity contribution in [3.05, 3.63) is 41.0 Å². The van der Waals surface area contributed by atoms with Crippen molar-refractivity contribution in [3.8, 4) is 10.4 Å². The average molecular weight is 269 g/mol. The van der Waals surface area contributed by atoms with Crippen LogP contribution in [0.2, 0.25) is 0 Å². The molecule has 0 saturated carbocycles. The van der Waals surface area contributed by atoms with Gasteiger partial charge >= 0.3 is 5.97 Å². The van der Waals surface area contributed by atoms with Crippen LogP contribution in [0.25, 0.3) is 10.4 Å². The van der Waals surface area contributed by atoms with Gasteiger partial charge in [-0.15, -0.1) is 11.3 Å². The Bertz CT molecular complexity index is 569. The van der Waals surface area contributed by atoms with Gasteiger partial charge in [0.2, 0.25) is 0 Å².